The first-order valence-corrected chi connectivity index (χ1v) is 8.54. The number of nitrogens with zero attached hydrogens (tertiary/aromatic N) is 2. The Morgan fingerprint density at radius 3 is 2.48 bits per heavy atom. The zero-order valence-electron chi connectivity index (χ0n) is 14.8. The molecule has 6 nitrogen and oxygen atoms in total. The van der Waals surface area contributed by atoms with Gasteiger partial charge in [-0.2, -0.15) is 13.2 Å². The van der Waals surface area contributed by atoms with Crippen LogP contribution in [0.15, 0.2) is 67.1 Å². The van der Waals surface area contributed by atoms with Crippen molar-refractivity contribution in [3.63, 3.8) is 0 Å². The van der Waals surface area contributed by atoms with Gasteiger partial charge in [-0.1, -0.05) is 6.07 Å². The molecule has 29 heavy (non-hydrogen) atoms. The molecule has 0 aliphatic carbocycles. The zero-order valence-corrected chi connectivity index (χ0v) is 14.8. The second-order valence-corrected chi connectivity index (χ2v) is 6.19. The molecule has 2 amide bonds. The molecule has 0 aliphatic heterocycles. The van der Waals surface area contributed by atoms with Crippen LogP contribution in [0, 0.1) is 0 Å². The predicted molar refractivity (Wildman–Crippen MR) is 103 cm³/mol. The van der Waals surface area contributed by atoms with Crippen molar-refractivity contribution >= 4 is 28.4 Å². The van der Waals surface area contributed by atoms with Gasteiger partial charge in [0.1, 0.15) is 5.65 Å². The quantitative estimate of drug-likeness (QED) is 0.439. The Morgan fingerprint density at radius 1 is 1.00 bits per heavy atom. The van der Waals surface area contributed by atoms with E-state index in [1.165, 1.54) is 12.1 Å². The van der Waals surface area contributed by atoms with Crippen LogP contribution >= 0.6 is 0 Å². The number of rotatable bonds is 3. The molecule has 3 heterocycles. The van der Waals surface area contributed by atoms with E-state index in [9.17, 15) is 18.0 Å². The fourth-order valence-electron chi connectivity index (χ4n) is 2.81. The van der Waals surface area contributed by atoms with Gasteiger partial charge in [-0.25, -0.2) is 9.78 Å². The van der Waals surface area contributed by atoms with Crippen LogP contribution in [-0.2, 0) is 6.18 Å². The molecule has 9 heteroatoms. The van der Waals surface area contributed by atoms with Crippen LogP contribution in [0.3, 0.4) is 0 Å². The Hall–Kier alpha value is -3.88. The van der Waals surface area contributed by atoms with Crippen LogP contribution in [0.4, 0.5) is 29.3 Å². The number of aromatic amines is 1. The molecule has 3 N–H and O–H groups in total. The van der Waals surface area contributed by atoms with Crippen LogP contribution in [0.1, 0.15) is 5.56 Å². The molecule has 3 aromatic heterocycles. The van der Waals surface area contributed by atoms with Crippen molar-refractivity contribution in [2.45, 2.75) is 6.18 Å². The lowest BCUT2D eigenvalue weighted by Gasteiger charge is -2.09. The molecule has 0 spiro atoms. The summed E-state index contributed by atoms with van der Waals surface area (Å²) in [4.78, 5) is 23.8. The first kappa shape index (κ1) is 18.5. The number of pyridine rings is 2. The second kappa shape index (κ2) is 7.27. The van der Waals surface area contributed by atoms with Crippen LogP contribution < -0.4 is 10.6 Å². The highest BCUT2D eigenvalue weighted by Crippen LogP contribution is 2.30. The first-order valence-electron chi connectivity index (χ1n) is 8.54. The number of H-pyrrole nitrogens is 1. The Balaban J connectivity index is 1.52. The average Bonchev–Trinajstić information content (AvgIpc) is 3.10. The van der Waals surface area contributed by atoms with Gasteiger partial charge < -0.3 is 15.6 Å². The highest BCUT2D eigenvalue weighted by Gasteiger charge is 2.30. The summed E-state index contributed by atoms with van der Waals surface area (Å²) >= 11 is 0. The van der Waals surface area contributed by atoms with Gasteiger partial charge in [-0.3, -0.25) is 4.98 Å². The van der Waals surface area contributed by atoms with Gasteiger partial charge >= 0.3 is 12.2 Å². The number of amides is 2. The second-order valence-electron chi connectivity index (χ2n) is 6.19. The third-order valence-corrected chi connectivity index (χ3v) is 4.21. The van der Waals surface area contributed by atoms with Crippen molar-refractivity contribution in [3.05, 3.63) is 72.7 Å². The molecule has 0 aliphatic rings. The third-order valence-electron chi connectivity index (χ3n) is 4.21. The van der Waals surface area contributed by atoms with E-state index in [1.807, 2.05) is 24.3 Å². The normalized spacial score (nSPS) is 11.4. The summed E-state index contributed by atoms with van der Waals surface area (Å²) in [5.41, 5.74) is 2.03. The van der Waals surface area contributed by atoms with Crippen molar-refractivity contribution in [1.29, 1.82) is 0 Å². The number of fused-ring (bicyclic) bond motifs is 1. The van der Waals surface area contributed by atoms with Crippen LogP contribution in [0.5, 0.6) is 0 Å². The zero-order chi connectivity index (χ0) is 20.4. The standard InChI is InChI=1S/C20H14F3N5O/c21-20(22,23)13-4-6-14(7-5-13)27-19(29)28-17-11-26-18-15(17)9-12(10-25-18)16-3-1-2-8-24-16/h1-11H,(H,25,26)(H2,27,28,29). The molecule has 0 saturated heterocycles. The number of anilines is 2. The monoisotopic (exact) mass is 397 g/mol. The van der Waals surface area contributed by atoms with Crippen molar-refractivity contribution in [3.8, 4) is 11.3 Å². The number of aromatic nitrogens is 3. The van der Waals surface area contributed by atoms with Gasteiger partial charge in [0.05, 0.1) is 16.9 Å². The summed E-state index contributed by atoms with van der Waals surface area (Å²) in [7, 11) is 0. The van der Waals surface area contributed by atoms with E-state index in [0.29, 0.717) is 16.7 Å². The summed E-state index contributed by atoms with van der Waals surface area (Å²) < 4.78 is 37.9. The number of carbonyl (C=O) groups is 1. The van der Waals surface area contributed by atoms with Crippen LogP contribution in [0.2, 0.25) is 0 Å². The number of hydrogen-bond donors (Lipinski definition) is 3. The molecule has 0 unspecified atom stereocenters. The highest BCUT2D eigenvalue weighted by atomic mass is 19.4. The maximum atomic E-state index is 12.6. The number of benzene rings is 1. The largest absolute Gasteiger partial charge is 0.416 e. The van der Waals surface area contributed by atoms with E-state index >= 15 is 0 Å². The minimum absolute atomic E-state index is 0.239. The van der Waals surface area contributed by atoms with Gasteiger partial charge in [0.15, 0.2) is 0 Å². The van der Waals surface area contributed by atoms with Crippen molar-refractivity contribution in [1.82, 2.24) is 15.0 Å². The van der Waals surface area contributed by atoms with Crippen molar-refractivity contribution in [2.24, 2.45) is 0 Å². The molecular weight excluding hydrogens is 383 g/mol. The smallest absolute Gasteiger partial charge is 0.344 e. The van der Waals surface area contributed by atoms with E-state index in [-0.39, 0.29) is 5.69 Å². The van der Waals surface area contributed by atoms with E-state index in [2.05, 4.69) is 25.6 Å². The van der Waals surface area contributed by atoms with Crippen LogP contribution in [0.25, 0.3) is 22.3 Å². The summed E-state index contributed by atoms with van der Waals surface area (Å²) in [5.74, 6) is 0. The van der Waals surface area contributed by atoms with Crippen LogP contribution in [-0.4, -0.2) is 21.0 Å². The maximum Gasteiger partial charge on any atom is 0.416 e. The predicted octanol–water partition coefficient (Wildman–Crippen LogP) is 5.29. The van der Waals surface area contributed by atoms with E-state index < -0.39 is 17.8 Å². The minimum atomic E-state index is -4.43. The fraction of sp³-hybridized carbons (Fsp3) is 0.0500. The topological polar surface area (TPSA) is 82.7 Å². The third kappa shape index (κ3) is 4.03. The van der Waals surface area contributed by atoms with Crippen molar-refractivity contribution < 1.29 is 18.0 Å². The Labute approximate surface area is 162 Å². The van der Waals surface area contributed by atoms with E-state index in [4.69, 9.17) is 0 Å². The number of nitrogens with one attached hydrogen (secondary N) is 3. The van der Waals surface area contributed by atoms with Gasteiger partial charge in [0, 0.05) is 35.2 Å². The maximum absolute atomic E-state index is 12.6. The van der Waals surface area contributed by atoms with Crippen molar-refractivity contribution in [2.75, 3.05) is 10.6 Å². The number of urea groups is 1. The lowest BCUT2D eigenvalue weighted by molar-refractivity contribution is -0.137. The summed E-state index contributed by atoms with van der Waals surface area (Å²) in [6.07, 6.45) is 0.510. The molecule has 0 radical (unpaired) electrons. The van der Waals surface area contributed by atoms with Gasteiger partial charge in [0.2, 0.25) is 0 Å². The molecule has 0 fully saturated rings. The lowest BCUT2D eigenvalue weighted by Crippen LogP contribution is -2.19. The summed E-state index contributed by atoms with van der Waals surface area (Å²) in [5, 5.41) is 5.86. The van der Waals surface area contributed by atoms with E-state index in [0.717, 1.165) is 23.4 Å². The molecule has 0 bridgehead atoms. The molecule has 1 aromatic carbocycles. The summed E-state index contributed by atoms with van der Waals surface area (Å²) in [6.45, 7) is 0. The summed E-state index contributed by atoms with van der Waals surface area (Å²) in [6, 6.07) is 11.0. The molecule has 0 atom stereocenters. The highest BCUT2D eigenvalue weighted by molar-refractivity contribution is 6.05. The molecule has 0 saturated carbocycles. The fourth-order valence-corrected chi connectivity index (χ4v) is 2.81. The van der Waals surface area contributed by atoms with Gasteiger partial charge in [0.25, 0.3) is 0 Å². The Morgan fingerprint density at radius 2 is 1.79 bits per heavy atom. The number of halogens is 3. The average molecular weight is 397 g/mol. The number of alkyl halides is 3. The number of carbonyl (C=O) groups excluding carboxylic acids is 1. The Kier molecular flexibility index (Phi) is 4.63. The van der Waals surface area contributed by atoms with Gasteiger partial charge in [-0.15, -0.1) is 0 Å². The lowest BCUT2D eigenvalue weighted by atomic mass is 10.1. The SMILES string of the molecule is O=C(Nc1ccc(C(F)(F)F)cc1)Nc1c[nH]c2ncc(-c3ccccn3)cc12. The molecule has 4 aromatic rings. The minimum Gasteiger partial charge on any atom is -0.344 e. The molecule has 146 valence electrons. The van der Waals surface area contributed by atoms with E-state index in [1.54, 1.807) is 18.6 Å². The molecular formula is C20H14F3N5O. The number of hydrogen-bond acceptors (Lipinski definition) is 3. The first-order chi connectivity index (χ1) is 13.9. The Bertz CT molecular complexity index is 1150. The molecule has 4 rings (SSSR count). The van der Waals surface area contributed by atoms with Gasteiger partial charge in [-0.05, 0) is 42.5 Å².